The number of nitrogens with zero attached hydrogens (tertiary/aromatic N) is 4. The van der Waals surface area contributed by atoms with Crippen LogP contribution in [0, 0.1) is 0 Å². The third kappa shape index (κ3) is 4.04. The molecule has 24 heavy (non-hydrogen) atoms. The standard InChI is InChI=1S/C18H19N5O/c1-14(15-8-4-2-5-9-15)12-19-17(24)13-23-21-18(20-22-23)16-10-6-3-7-11-16/h2-11,14H,12-13H2,1H3,(H,19,24). The minimum atomic E-state index is -0.130. The zero-order valence-corrected chi connectivity index (χ0v) is 13.5. The molecule has 6 nitrogen and oxygen atoms in total. The Morgan fingerprint density at radius 2 is 1.75 bits per heavy atom. The molecule has 1 heterocycles. The summed E-state index contributed by atoms with van der Waals surface area (Å²) in [5.74, 6) is 0.634. The smallest absolute Gasteiger partial charge is 0.243 e. The van der Waals surface area contributed by atoms with Crippen LogP contribution in [0.5, 0.6) is 0 Å². The predicted octanol–water partition coefficient (Wildman–Crippen LogP) is 2.26. The third-order valence-electron chi connectivity index (χ3n) is 3.74. The van der Waals surface area contributed by atoms with Gasteiger partial charge in [-0.05, 0) is 16.7 Å². The van der Waals surface area contributed by atoms with Gasteiger partial charge in [0.05, 0.1) is 0 Å². The van der Waals surface area contributed by atoms with Crippen molar-refractivity contribution >= 4 is 5.91 Å². The van der Waals surface area contributed by atoms with Crippen molar-refractivity contribution in [2.45, 2.75) is 19.4 Å². The number of carbonyl (C=O) groups excluding carboxylic acids is 1. The van der Waals surface area contributed by atoms with E-state index in [1.54, 1.807) is 0 Å². The summed E-state index contributed by atoms with van der Waals surface area (Å²) in [6, 6.07) is 19.7. The van der Waals surface area contributed by atoms with Gasteiger partial charge in [-0.3, -0.25) is 4.79 Å². The lowest BCUT2D eigenvalue weighted by Crippen LogP contribution is -2.31. The molecule has 0 spiro atoms. The molecule has 0 aliphatic heterocycles. The Balaban J connectivity index is 1.53. The second-order valence-corrected chi connectivity index (χ2v) is 5.63. The molecule has 1 N–H and O–H groups in total. The first kappa shape index (κ1) is 15.9. The van der Waals surface area contributed by atoms with Gasteiger partial charge in [-0.15, -0.1) is 10.2 Å². The lowest BCUT2D eigenvalue weighted by molar-refractivity contribution is -0.122. The molecular formula is C18H19N5O. The Morgan fingerprint density at radius 1 is 1.08 bits per heavy atom. The number of amides is 1. The maximum Gasteiger partial charge on any atom is 0.243 e. The van der Waals surface area contributed by atoms with Gasteiger partial charge in [-0.2, -0.15) is 4.80 Å². The van der Waals surface area contributed by atoms with Crippen LogP contribution >= 0.6 is 0 Å². The lowest BCUT2D eigenvalue weighted by atomic mass is 10.0. The highest BCUT2D eigenvalue weighted by atomic mass is 16.2. The van der Waals surface area contributed by atoms with Crippen LogP contribution in [0.4, 0.5) is 0 Å². The average Bonchev–Trinajstić information content (AvgIpc) is 3.09. The first-order valence-corrected chi connectivity index (χ1v) is 7.87. The third-order valence-corrected chi connectivity index (χ3v) is 3.74. The molecule has 1 unspecified atom stereocenters. The minimum Gasteiger partial charge on any atom is -0.354 e. The summed E-state index contributed by atoms with van der Waals surface area (Å²) in [5, 5.41) is 15.1. The molecule has 0 saturated carbocycles. The van der Waals surface area contributed by atoms with E-state index in [1.165, 1.54) is 10.4 Å². The fourth-order valence-electron chi connectivity index (χ4n) is 2.36. The van der Waals surface area contributed by atoms with Crippen molar-refractivity contribution in [2.75, 3.05) is 6.54 Å². The Bertz CT molecular complexity index is 785. The van der Waals surface area contributed by atoms with Crippen LogP contribution in [0.25, 0.3) is 11.4 Å². The molecule has 6 heteroatoms. The molecule has 3 aromatic rings. The molecular weight excluding hydrogens is 302 g/mol. The van der Waals surface area contributed by atoms with E-state index < -0.39 is 0 Å². The van der Waals surface area contributed by atoms with Crippen molar-refractivity contribution < 1.29 is 4.79 Å². The summed E-state index contributed by atoms with van der Waals surface area (Å²) in [5.41, 5.74) is 2.07. The number of hydrogen-bond donors (Lipinski definition) is 1. The Morgan fingerprint density at radius 3 is 2.46 bits per heavy atom. The van der Waals surface area contributed by atoms with Gasteiger partial charge in [-0.1, -0.05) is 67.6 Å². The molecule has 3 rings (SSSR count). The summed E-state index contributed by atoms with van der Waals surface area (Å²) in [6.07, 6.45) is 0. The van der Waals surface area contributed by atoms with E-state index in [4.69, 9.17) is 0 Å². The van der Waals surface area contributed by atoms with Crippen LogP contribution in [0.15, 0.2) is 60.7 Å². The molecule has 1 atom stereocenters. The summed E-state index contributed by atoms with van der Waals surface area (Å²) in [7, 11) is 0. The van der Waals surface area contributed by atoms with E-state index in [2.05, 4.69) is 39.8 Å². The summed E-state index contributed by atoms with van der Waals surface area (Å²) in [4.78, 5) is 13.4. The first-order chi connectivity index (χ1) is 11.7. The van der Waals surface area contributed by atoms with Crippen molar-refractivity contribution in [1.29, 1.82) is 0 Å². The number of rotatable bonds is 6. The van der Waals surface area contributed by atoms with Gasteiger partial charge < -0.3 is 5.32 Å². The van der Waals surface area contributed by atoms with Crippen LogP contribution < -0.4 is 5.32 Å². The zero-order valence-electron chi connectivity index (χ0n) is 13.5. The van der Waals surface area contributed by atoms with E-state index in [0.717, 1.165) is 5.56 Å². The van der Waals surface area contributed by atoms with Gasteiger partial charge in [0, 0.05) is 12.1 Å². The number of aromatic nitrogens is 4. The first-order valence-electron chi connectivity index (χ1n) is 7.87. The monoisotopic (exact) mass is 321 g/mol. The molecule has 1 aromatic heterocycles. The van der Waals surface area contributed by atoms with Crippen molar-refractivity contribution in [1.82, 2.24) is 25.5 Å². The van der Waals surface area contributed by atoms with E-state index in [1.807, 2.05) is 48.5 Å². The van der Waals surface area contributed by atoms with Gasteiger partial charge in [0.15, 0.2) is 0 Å². The van der Waals surface area contributed by atoms with Crippen molar-refractivity contribution in [3.8, 4) is 11.4 Å². The minimum absolute atomic E-state index is 0.0569. The van der Waals surface area contributed by atoms with Crippen LogP contribution in [0.3, 0.4) is 0 Å². The highest BCUT2D eigenvalue weighted by Gasteiger charge is 2.11. The number of carbonyl (C=O) groups is 1. The highest BCUT2D eigenvalue weighted by Crippen LogP contribution is 2.13. The number of nitrogens with one attached hydrogen (secondary N) is 1. The van der Waals surface area contributed by atoms with Gasteiger partial charge >= 0.3 is 0 Å². The lowest BCUT2D eigenvalue weighted by Gasteiger charge is -2.12. The van der Waals surface area contributed by atoms with Gasteiger partial charge in [0.1, 0.15) is 6.54 Å². The van der Waals surface area contributed by atoms with Crippen molar-refractivity contribution in [3.05, 3.63) is 66.2 Å². The van der Waals surface area contributed by atoms with Gasteiger partial charge in [-0.25, -0.2) is 0 Å². The van der Waals surface area contributed by atoms with Crippen molar-refractivity contribution in [3.63, 3.8) is 0 Å². The van der Waals surface area contributed by atoms with E-state index in [-0.39, 0.29) is 18.4 Å². The molecule has 0 saturated heterocycles. The summed E-state index contributed by atoms with van der Waals surface area (Å²) >= 11 is 0. The van der Waals surface area contributed by atoms with Crippen LogP contribution in [0.1, 0.15) is 18.4 Å². The molecule has 0 bridgehead atoms. The van der Waals surface area contributed by atoms with E-state index in [9.17, 15) is 4.79 Å². The predicted molar refractivity (Wildman–Crippen MR) is 91.1 cm³/mol. The normalized spacial score (nSPS) is 11.9. The van der Waals surface area contributed by atoms with Gasteiger partial charge in [0.25, 0.3) is 0 Å². The largest absolute Gasteiger partial charge is 0.354 e. The maximum atomic E-state index is 12.1. The van der Waals surface area contributed by atoms with Gasteiger partial charge in [0.2, 0.25) is 11.7 Å². The second-order valence-electron chi connectivity index (χ2n) is 5.63. The summed E-state index contributed by atoms with van der Waals surface area (Å²) < 4.78 is 0. The number of benzene rings is 2. The maximum absolute atomic E-state index is 12.1. The summed E-state index contributed by atoms with van der Waals surface area (Å²) in [6.45, 7) is 2.71. The topological polar surface area (TPSA) is 72.7 Å². The number of hydrogen-bond acceptors (Lipinski definition) is 4. The molecule has 0 radical (unpaired) electrons. The van der Waals surface area contributed by atoms with Crippen molar-refractivity contribution in [2.24, 2.45) is 0 Å². The van der Waals surface area contributed by atoms with E-state index >= 15 is 0 Å². The fraction of sp³-hybridized carbons (Fsp3) is 0.222. The van der Waals surface area contributed by atoms with Crippen LogP contribution in [0.2, 0.25) is 0 Å². The second kappa shape index (κ2) is 7.50. The molecule has 0 aliphatic carbocycles. The molecule has 122 valence electrons. The zero-order chi connectivity index (χ0) is 16.8. The molecule has 1 amide bonds. The van der Waals surface area contributed by atoms with E-state index in [0.29, 0.717) is 12.4 Å². The quantitative estimate of drug-likeness (QED) is 0.756. The molecule has 2 aromatic carbocycles. The molecule has 0 aliphatic rings. The Kier molecular flexibility index (Phi) is 4.96. The Labute approximate surface area is 140 Å². The fourth-order valence-corrected chi connectivity index (χ4v) is 2.36. The number of tetrazole rings is 1. The van der Waals surface area contributed by atoms with Crippen LogP contribution in [-0.4, -0.2) is 32.7 Å². The Hall–Kier alpha value is -3.02. The molecule has 0 fully saturated rings. The highest BCUT2D eigenvalue weighted by molar-refractivity contribution is 5.75. The average molecular weight is 321 g/mol. The SMILES string of the molecule is CC(CNC(=O)Cn1nnc(-c2ccccc2)n1)c1ccccc1. The van der Waals surface area contributed by atoms with Crippen LogP contribution in [-0.2, 0) is 11.3 Å².